The van der Waals surface area contributed by atoms with Gasteiger partial charge in [-0.3, -0.25) is 4.79 Å². The third-order valence-corrected chi connectivity index (χ3v) is 5.73. The first kappa shape index (κ1) is 25.4. The second kappa shape index (κ2) is 14.8. The summed E-state index contributed by atoms with van der Waals surface area (Å²) < 4.78 is 12.2. The molecule has 0 aliphatic rings. The minimum Gasteiger partial charge on any atom is -0.487 e. The predicted molar refractivity (Wildman–Crippen MR) is 139 cm³/mol. The van der Waals surface area contributed by atoms with Gasteiger partial charge in [-0.05, 0) is 29.7 Å². The number of carbonyl (C=O) groups excluding carboxylic acids is 1. The van der Waals surface area contributed by atoms with Gasteiger partial charge in [-0.25, -0.2) is 0 Å². The van der Waals surface area contributed by atoms with Gasteiger partial charge in [-0.15, -0.1) is 0 Å². The van der Waals surface area contributed by atoms with Crippen LogP contribution in [0.15, 0.2) is 78.9 Å². The van der Waals surface area contributed by atoms with E-state index < -0.39 is 0 Å². The SMILES string of the molecule is CCCCCCCCCC(=O)Nc1c(OCc2ccccc2)cccc1OCc1ccccc1. The van der Waals surface area contributed by atoms with Crippen molar-refractivity contribution in [2.45, 2.75) is 71.5 Å². The first-order valence-corrected chi connectivity index (χ1v) is 12.5. The number of hydrogen-bond donors (Lipinski definition) is 1. The Morgan fingerprint density at radius 1 is 0.647 bits per heavy atom. The maximum absolute atomic E-state index is 12.8. The lowest BCUT2D eigenvalue weighted by Gasteiger charge is -2.17. The molecule has 0 aliphatic carbocycles. The largest absolute Gasteiger partial charge is 0.487 e. The number of unbranched alkanes of at least 4 members (excludes halogenated alkanes) is 6. The van der Waals surface area contributed by atoms with Crippen molar-refractivity contribution < 1.29 is 14.3 Å². The Morgan fingerprint density at radius 3 is 1.68 bits per heavy atom. The summed E-state index contributed by atoms with van der Waals surface area (Å²) in [5.41, 5.74) is 2.74. The van der Waals surface area contributed by atoms with E-state index >= 15 is 0 Å². The second-order valence-electron chi connectivity index (χ2n) is 8.60. The van der Waals surface area contributed by atoms with E-state index in [0.29, 0.717) is 36.8 Å². The van der Waals surface area contributed by atoms with Gasteiger partial charge in [0.1, 0.15) is 30.4 Å². The summed E-state index contributed by atoms with van der Waals surface area (Å²) in [6.45, 7) is 3.07. The first-order valence-electron chi connectivity index (χ1n) is 12.5. The van der Waals surface area contributed by atoms with Crippen molar-refractivity contribution in [2.75, 3.05) is 5.32 Å². The number of anilines is 1. The van der Waals surface area contributed by atoms with Crippen LogP contribution in [0.3, 0.4) is 0 Å². The van der Waals surface area contributed by atoms with Crippen molar-refractivity contribution in [1.29, 1.82) is 0 Å². The predicted octanol–water partition coefficient (Wildman–Crippen LogP) is 7.92. The number of amides is 1. The van der Waals surface area contributed by atoms with Crippen molar-refractivity contribution in [3.63, 3.8) is 0 Å². The van der Waals surface area contributed by atoms with Crippen molar-refractivity contribution in [3.05, 3.63) is 90.0 Å². The fourth-order valence-corrected chi connectivity index (χ4v) is 3.79. The van der Waals surface area contributed by atoms with Crippen LogP contribution in [0.2, 0.25) is 0 Å². The summed E-state index contributed by atoms with van der Waals surface area (Å²) in [4.78, 5) is 12.8. The molecule has 0 atom stereocenters. The maximum atomic E-state index is 12.8. The molecular formula is C30H37NO3. The number of ether oxygens (including phenoxy) is 2. The van der Waals surface area contributed by atoms with E-state index in [9.17, 15) is 4.79 Å². The van der Waals surface area contributed by atoms with Crippen molar-refractivity contribution >= 4 is 11.6 Å². The molecular weight excluding hydrogens is 422 g/mol. The Bertz CT molecular complexity index is 911. The lowest BCUT2D eigenvalue weighted by Crippen LogP contribution is -2.14. The van der Waals surface area contributed by atoms with Crippen LogP contribution < -0.4 is 14.8 Å². The van der Waals surface area contributed by atoms with E-state index in [-0.39, 0.29) is 5.91 Å². The third kappa shape index (κ3) is 8.93. The molecule has 4 heteroatoms. The van der Waals surface area contributed by atoms with Gasteiger partial charge in [0.25, 0.3) is 0 Å². The molecule has 0 radical (unpaired) electrons. The Morgan fingerprint density at radius 2 is 1.15 bits per heavy atom. The lowest BCUT2D eigenvalue weighted by molar-refractivity contribution is -0.116. The van der Waals surface area contributed by atoms with Gasteiger partial charge in [-0.2, -0.15) is 0 Å². The van der Waals surface area contributed by atoms with E-state index in [2.05, 4.69) is 12.2 Å². The minimum absolute atomic E-state index is 0.00567. The summed E-state index contributed by atoms with van der Waals surface area (Å²) >= 11 is 0. The molecule has 34 heavy (non-hydrogen) atoms. The highest BCUT2D eigenvalue weighted by Crippen LogP contribution is 2.36. The molecule has 0 unspecified atom stereocenters. The van der Waals surface area contributed by atoms with Crippen molar-refractivity contribution in [1.82, 2.24) is 0 Å². The molecule has 4 nitrogen and oxygen atoms in total. The third-order valence-electron chi connectivity index (χ3n) is 5.73. The van der Waals surface area contributed by atoms with E-state index in [4.69, 9.17) is 9.47 Å². The number of benzene rings is 3. The molecule has 0 aliphatic heterocycles. The number of rotatable bonds is 15. The standard InChI is InChI=1S/C30H37NO3/c1-2-3-4-5-6-7-14-22-29(32)31-30-27(33-23-25-16-10-8-11-17-25)20-15-21-28(30)34-24-26-18-12-9-13-19-26/h8-13,15-21H,2-7,14,22-24H2,1H3,(H,31,32). The fraction of sp³-hybridized carbons (Fsp3) is 0.367. The van der Waals surface area contributed by atoms with Gasteiger partial charge in [0, 0.05) is 6.42 Å². The Balaban J connectivity index is 1.63. The average molecular weight is 460 g/mol. The fourth-order valence-electron chi connectivity index (χ4n) is 3.79. The zero-order valence-corrected chi connectivity index (χ0v) is 20.3. The van der Waals surface area contributed by atoms with Crippen molar-refractivity contribution in [3.8, 4) is 11.5 Å². The van der Waals surface area contributed by atoms with Gasteiger partial charge in [-0.1, -0.05) is 112 Å². The molecule has 180 valence electrons. The molecule has 0 saturated heterocycles. The summed E-state index contributed by atoms with van der Waals surface area (Å²) in [5.74, 6) is 1.22. The topological polar surface area (TPSA) is 47.6 Å². The molecule has 3 aromatic rings. The molecule has 0 aromatic heterocycles. The second-order valence-corrected chi connectivity index (χ2v) is 8.60. The first-order chi connectivity index (χ1) is 16.8. The van der Waals surface area contributed by atoms with E-state index in [1.54, 1.807) is 0 Å². The van der Waals surface area contributed by atoms with E-state index in [1.165, 1.54) is 32.1 Å². The lowest BCUT2D eigenvalue weighted by atomic mass is 10.1. The monoisotopic (exact) mass is 459 g/mol. The summed E-state index contributed by atoms with van der Waals surface area (Å²) in [6, 6.07) is 25.7. The minimum atomic E-state index is -0.00567. The number of nitrogens with one attached hydrogen (secondary N) is 1. The van der Waals surface area contributed by atoms with Crippen LogP contribution >= 0.6 is 0 Å². The van der Waals surface area contributed by atoms with Crippen LogP contribution in [0.5, 0.6) is 11.5 Å². The molecule has 3 aromatic carbocycles. The average Bonchev–Trinajstić information content (AvgIpc) is 2.88. The van der Waals surface area contributed by atoms with Crippen LogP contribution in [0.25, 0.3) is 0 Å². The summed E-state index contributed by atoms with van der Waals surface area (Å²) in [7, 11) is 0. The zero-order valence-electron chi connectivity index (χ0n) is 20.3. The molecule has 0 fully saturated rings. The Kier molecular flexibility index (Phi) is 11.0. The quantitative estimate of drug-likeness (QED) is 0.235. The number of hydrogen-bond acceptors (Lipinski definition) is 3. The molecule has 1 amide bonds. The van der Waals surface area contributed by atoms with Crippen LogP contribution in [0.1, 0.15) is 69.4 Å². The van der Waals surface area contributed by atoms with Crippen molar-refractivity contribution in [2.24, 2.45) is 0 Å². The van der Waals surface area contributed by atoms with Crippen LogP contribution in [-0.2, 0) is 18.0 Å². The van der Waals surface area contributed by atoms with Gasteiger partial charge in [0.15, 0.2) is 0 Å². The molecule has 1 N–H and O–H groups in total. The smallest absolute Gasteiger partial charge is 0.224 e. The summed E-state index contributed by atoms with van der Waals surface area (Å²) in [6.07, 6.45) is 8.76. The van der Waals surface area contributed by atoms with E-state index in [1.807, 2.05) is 78.9 Å². The number of para-hydroxylation sites is 1. The normalized spacial score (nSPS) is 10.6. The molecule has 3 rings (SSSR count). The molecule has 0 heterocycles. The Labute approximate surface area is 204 Å². The Hall–Kier alpha value is -3.27. The highest BCUT2D eigenvalue weighted by molar-refractivity contribution is 5.94. The maximum Gasteiger partial charge on any atom is 0.224 e. The van der Waals surface area contributed by atoms with Gasteiger partial charge in [0.05, 0.1) is 0 Å². The van der Waals surface area contributed by atoms with Crippen LogP contribution in [0.4, 0.5) is 5.69 Å². The van der Waals surface area contributed by atoms with E-state index in [0.717, 1.165) is 24.0 Å². The molecule has 0 saturated carbocycles. The highest BCUT2D eigenvalue weighted by atomic mass is 16.5. The molecule has 0 bridgehead atoms. The summed E-state index contributed by atoms with van der Waals surface area (Å²) in [5, 5.41) is 3.07. The van der Waals surface area contributed by atoms with Gasteiger partial charge >= 0.3 is 0 Å². The van der Waals surface area contributed by atoms with Crippen LogP contribution in [0, 0.1) is 0 Å². The molecule has 0 spiro atoms. The number of carbonyl (C=O) groups is 1. The highest BCUT2D eigenvalue weighted by Gasteiger charge is 2.15. The van der Waals surface area contributed by atoms with Crippen LogP contribution in [-0.4, -0.2) is 5.91 Å². The van der Waals surface area contributed by atoms with Gasteiger partial charge < -0.3 is 14.8 Å². The van der Waals surface area contributed by atoms with Gasteiger partial charge in [0.2, 0.25) is 5.91 Å². The zero-order chi connectivity index (χ0) is 23.8.